The van der Waals surface area contributed by atoms with Crippen molar-refractivity contribution in [3.8, 4) is 12.3 Å². The minimum absolute atomic E-state index is 0.00500. The van der Waals surface area contributed by atoms with Crippen LogP contribution in [0.3, 0.4) is 0 Å². The SMILES string of the molecule is C#CC1CC(=O)N(C(C)c2ccc(F)cc2)C1. The highest BCUT2D eigenvalue weighted by molar-refractivity contribution is 5.79. The van der Waals surface area contributed by atoms with E-state index in [1.54, 1.807) is 17.0 Å². The van der Waals surface area contributed by atoms with E-state index in [9.17, 15) is 9.18 Å². The van der Waals surface area contributed by atoms with Crippen LogP contribution < -0.4 is 0 Å². The Morgan fingerprint density at radius 3 is 2.65 bits per heavy atom. The maximum atomic E-state index is 12.8. The summed E-state index contributed by atoms with van der Waals surface area (Å²) in [6, 6.07) is 6.17. The van der Waals surface area contributed by atoms with Gasteiger partial charge < -0.3 is 4.90 Å². The fraction of sp³-hybridized carbons (Fsp3) is 0.357. The molecule has 1 fully saturated rings. The number of nitrogens with zero attached hydrogens (tertiary/aromatic N) is 1. The number of rotatable bonds is 2. The van der Waals surface area contributed by atoms with E-state index in [1.165, 1.54) is 12.1 Å². The molecule has 1 aliphatic heterocycles. The first-order valence-corrected chi connectivity index (χ1v) is 5.63. The van der Waals surface area contributed by atoms with Gasteiger partial charge in [-0.1, -0.05) is 12.1 Å². The Labute approximate surface area is 100 Å². The van der Waals surface area contributed by atoms with Gasteiger partial charge in [0.15, 0.2) is 0 Å². The van der Waals surface area contributed by atoms with Crippen LogP contribution in [0.25, 0.3) is 0 Å². The van der Waals surface area contributed by atoms with Crippen LogP contribution in [0.1, 0.15) is 24.9 Å². The van der Waals surface area contributed by atoms with Crippen molar-refractivity contribution in [3.05, 3.63) is 35.6 Å². The third-order valence-corrected chi connectivity index (χ3v) is 3.21. The lowest BCUT2D eigenvalue weighted by molar-refractivity contribution is -0.129. The molecule has 1 aliphatic rings. The Hall–Kier alpha value is -1.82. The highest BCUT2D eigenvalue weighted by Crippen LogP contribution is 2.28. The predicted octanol–water partition coefficient (Wildman–Crippen LogP) is 2.37. The molecule has 88 valence electrons. The van der Waals surface area contributed by atoms with Gasteiger partial charge in [0.2, 0.25) is 5.91 Å². The largest absolute Gasteiger partial charge is 0.335 e. The van der Waals surface area contributed by atoms with Crippen LogP contribution in [0.4, 0.5) is 4.39 Å². The predicted molar refractivity (Wildman–Crippen MR) is 63.5 cm³/mol. The van der Waals surface area contributed by atoms with E-state index in [1.807, 2.05) is 6.92 Å². The van der Waals surface area contributed by atoms with Crippen molar-refractivity contribution in [2.45, 2.75) is 19.4 Å². The fourth-order valence-corrected chi connectivity index (χ4v) is 2.14. The first-order chi connectivity index (χ1) is 8.11. The van der Waals surface area contributed by atoms with E-state index in [-0.39, 0.29) is 23.7 Å². The van der Waals surface area contributed by atoms with Gasteiger partial charge in [-0.05, 0) is 24.6 Å². The van der Waals surface area contributed by atoms with Gasteiger partial charge in [-0.3, -0.25) is 4.79 Å². The van der Waals surface area contributed by atoms with Gasteiger partial charge in [0, 0.05) is 18.9 Å². The number of hydrogen-bond acceptors (Lipinski definition) is 1. The molecule has 17 heavy (non-hydrogen) atoms. The quantitative estimate of drug-likeness (QED) is 0.715. The molecule has 0 bridgehead atoms. The van der Waals surface area contributed by atoms with Crippen molar-refractivity contribution < 1.29 is 9.18 Å². The fourth-order valence-electron chi connectivity index (χ4n) is 2.14. The average Bonchev–Trinajstić information content (AvgIpc) is 2.71. The summed E-state index contributed by atoms with van der Waals surface area (Å²) in [6.45, 7) is 2.53. The lowest BCUT2D eigenvalue weighted by atomic mass is 10.1. The minimum Gasteiger partial charge on any atom is -0.335 e. The van der Waals surface area contributed by atoms with E-state index < -0.39 is 0 Å². The lowest BCUT2D eigenvalue weighted by Crippen LogP contribution is -2.28. The topological polar surface area (TPSA) is 20.3 Å². The smallest absolute Gasteiger partial charge is 0.224 e. The van der Waals surface area contributed by atoms with Gasteiger partial charge in [0.25, 0.3) is 0 Å². The van der Waals surface area contributed by atoms with Crippen molar-refractivity contribution in [2.24, 2.45) is 5.92 Å². The van der Waals surface area contributed by atoms with Crippen LogP contribution in [0.15, 0.2) is 24.3 Å². The average molecular weight is 231 g/mol. The molecule has 1 aromatic carbocycles. The second-order valence-electron chi connectivity index (χ2n) is 4.34. The molecule has 1 heterocycles. The summed E-state index contributed by atoms with van der Waals surface area (Å²) in [4.78, 5) is 13.5. The first-order valence-electron chi connectivity index (χ1n) is 5.63. The van der Waals surface area contributed by atoms with Crippen molar-refractivity contribution in [1.29, 1.82) is 0 Å². The molecule has 3 heteroatoms. The van der Waals surface area contributed by atoms with Crippen LogP contribution in [0.2, 0.25) is 0 Å². The molecule has 0 N–H and O–H groups in total. The summed E-state index contributed by atoms with van der Waals surface area (Å²) in [5.74, 6) is 2.43. The van der Waals surface area contributed by atoms with Gasteiger partial charge in [-0.2, -0.15) is 0 Å². The number of hydrogen-bond donors (Lipinski definition) is 0. The number of carbonyl (C=O) groups excluding carboxylic acids is 1. The second-order valence-corrected chi connectivity index (χ2v) is 4.34. The number of amides is 1. The van der Waals surface area contributed by atoms with Crippen molar-refractivity contribution in [3.63, 3.8) is 0 Å². The number of benzene rings is 1. The maximum absolute atomic E-state index is 12.8. The molecule has 1 aromatic rings. The number of terminal acetylenes is 1. The zero-order valence-corrected chi connectivity index (χ0v) is 9.69. The summed E-state index contributed by atoms with van der Waals surface area (Å²) >= 11 is 0. The Kier molecular flexibility index (Phi) is 3.14. The molecule has 2 unspecified atom stereocenters. The van der Waals surface area contributed by atoms with E-state index in [4.69, 9.17) is 6.42 Å². The molecule has 0 spiro atoms. The molecule has 0 aromatic heterocycles. The van der Waals surface area contributed by atoms with E-state index in [0.29, 0.717) is 13.0 Å². The molecule has 2 rings (SSSR count). The Morgan fingerprint density at radius 2 is 2.12 bits per heavy atom. The van der Waals surface area contributed by atoms with Crippen LogP contribution in [-0.4, -0.2) is 17.4 Å². The maximum Gasteiger partial charge on any atom is 0.224 e. The molecule has 0 aliphatic carbocycles. The molecule has 1 saturated heterocycles. The Morgan fingerprint density at radius 1 is 1.47 bits per heavy atom. The third-order valence-electron chi connectivity index (χ3n) is 3.21. The van der Waals surface area contributed by atoms with Crippen molar-refractivity contribution in [2.75, 3.05) is 6.54 Å². The standard InChI is InChI=1S/C14H14FNO/c1-3-11-8-14(17)16(9-11)10(2)12-4-6-13(15)7-5-12/h1,4-7,10-11H,8-9H2,2H3. The van der Waals surface area contributed by atoms with E-state index in [2.05, 4.69) is 5.92 Å². The van der Waals surface area contributed by atoms with Gasteiger partial charge in [0.05, 0.1) is 6.04 Å². The van der Waals surface area contributed by atoms with Crippen LogP contribution in [0.5, 0.6) is 0 Å². The van der Waals surface area contributed by atoms with Crippen LogP contribution in [-0.2, 0) is 4.79 Å². The zero-order chi connectivity index (χ0) is 12.4. The monoisotopic (exact) mass is 231 g/mol. The summed E-state index contributed by atoms with van der Waals surface area (Å²) < 4.78 is 12.8. The molecular weight excluding hydrogens is 217 g/mol. The number of carbonyl (C=O) groups is 1. The molecule has 2 nitrogen and oxygen atoms in total. The molecular formula is C14H14FNO. The highest BCUT2D eigenvalue weighted by atomic mass is 19.1. The normalized spacial score (nSPS) is 21.4. The van der Waals surface area contributed by atoms with Gasteiger partial charge in [0.1, 0.15) is 5.82 Å². The van der Waals surface area contributed by atoms with Crippen LogP contribution >= 0.6 is 0 Å². The van der Waals surface area contributed by atoms with Gasteiger partial charge in [-0.15, -0.1) is 12.3 Å². The molecule has 0 radical (unpaired) electrons. The van der Waals surface area contributed by atoms with Crippen molar-refractivity contribution >= 4 is 5.91 Å². The number of halogens is 1. The summed E-state index contributed by atoms with van der Waals surface area (Å²) in [6.07, 6.45) is 5.76. The van der Waals surface area contributed by atoms with E-state index >= 15 is 0 Å². The highest BCUT2D eigenvalue weighted by Gasteiger charge is 2.31. The molecule has 1 amide bonds. The molecule has 0 saturated carbocycles. The number of likely N-dealkylation sites (tertiary alicyclic amines) is 1. The van der Waals surface area contributed by atoms with Gasteiger partial charge >= 0.3 is 0 Å². The minimum atomic E-state index is -0.268. The van der Waals surface area contributed by atoms with Crippen molar-refractivity contribution in [1.82, 2.24) is 4.90 Å². The summed E-state index contributed by atoms with van der Waals surface area (Å²) in [7, 11) is 0. The Balaban J connectivity index is 2.16. The zero-order valence-electron chi connectivity index (χ0n) is 9.69. The summed E-state index contributed by atoms with van der Waals surface area (Å²) in [5, 5.41) is 0. The third kappa shape index (κ3) is 2.31. The van der Waals surface area contributed by atoms with Gasteiger partial charge in [-0.25, -0.2) is 4.39 Å². The molecule has 2 atom stereocenters. The summed E-state index contributed by atoms with van der Waals surface area (Å²) in [5.41, 5.74) is 0.928. The first kappa shape index (κ1) is 11.7. The second kappa shape index (κ2) is 4.58. The van der Waals surface area contributed by atoms with E-state index in [0.717, 1.165) is 5.56 Å². The van der Waals surface area contributed by atoms with Crippen LogP contribution in [0, 0.1) is 24.1 Å². The lowest BCUT2D eigenvalue weighted by Gasteiger charge is -2.24. The Bertz CT molecular complexity index is 460.